The van der Waals surface area contributed by atoms with Crippen LogP contribution in [0, 0.1) is 0 Å². The Bertz CT molecular complexity index is 397. The van der Waals surface area contributed by atoms with E-state index in [1.807, 2.05) is 0 Å². The van der Waals surface area contributed by atoms with Crippen LogP contribution in [0.25, 0.3) is 0 Å². The summed E-state index contributed by atoms with van der Waals surface area (Å²) in [6.45, 7) is 10.2. The van der Waals surface area contributed by atoms with E-state index in [0.29, 0.717) is 31.0 Å². The first-order valence-electron chi connectivity index (χ1n) is 7.75. The van der Waals surface area contributed by atoms with Gasteiger partial charge < -0.3 is 20.3 Å². The van der Waals surface area contributed by atoms with Crippen LogP contribution >= 0.6 is 0 Å². The summed E-state index contributed by atoms with van der Waals surface area (Å²) in [5.41, 5.74) is 0. The lowest BCUT2D eigenvalue weighted by Crippen LogP contribution is -2.25. The van der Waals surface area contributed by atoms with Gasteiger partial charge in [-0.15, -0.1) is 0 Å². The lowest BCUT2D eigenvalue weighted by Gasteiger charge is -2.19. The van der Waals surface area contributed by atoms with Gasteiger partial charge in [0.2, 0.25) is 17.8 Å². The predicted octanol–water partition coefficient (Wildman–Crippen LogP) is 1.99. The molecule has 0 fully saturated rings. The molecule has 120 valence electrons. The molecule has 0 aliphatic heterocycles. The molecule has 0 aromatic carbocycles. The maximum atomic E-state index is 5.51. The van der Waals surface area contributed by atoms with Gasteiger partial charge in [0, 0.05) is 33.3 Å². The summed E-state index contributed by atoms with van der Waals surface area (Å²) in [5, 5.41) is 6.15. The molecule has 0 radical (unpaired) electrons. The second kappa shape index (κ2) is 10.1. The minimum atomic E-state index is 0.571. The molecule has 0 unspecified atom stereocenters. The van der Waals surface area contributed by atoms with Gasteiger partial charge >= 0.3 is 0 Å². The number of hydrogen-bond acceptors (Lipinski definition) is 7. The Labute approximate surface area is 127 Å². The van der Waals surface area contributed by atoms with Crippen molar-refractivity contribution in [2.24, 2.45) is 0 Å². The molecule has 0 aliphatic carbocycles. The fraction of sp³-hybridized carbons (Fsp3) is 0.786. The summed E-state index contributed by atoms with van der Waals surface area (Å²) in [6.07, 6.45) is 2.25. The second-order valence-electron chi connectivity index (χ2n) is 4.60. The molecule has 7 nitrogen and oxygen atoms in total. The minimum absolute atomic E-state index is 0.571. The van der Waals surface area contributed by atoms with Gasteiger partial charge in [0.25, 0.3) is 0 Å². The van der Waals surface area contributed by atoms with Crippen LogP contribution in [0.3, 0.4) is 0 Å². The normalized spacial score (nSPS) is 10.5. The average Bonchev–Trinajstić information content (AvgIpc) is 2.51. The third-order valence-electron chi connectivity index (χ3n) is 3.07. The van der Waals surface area contributed by atoms with Crippen molar-refractivity contribution in [1.29, 1.82) is 0 Å². The number of aromatic nitrogens is 3. The van der Waals surface area contributed by atoms with Crippen LogP contribution in [0.2, 0.25) is 0 Å². The molecular formula is C14H28N6O. The lowest BCUT2D eigenvalue weighted by atomic mass is 10.4. The van der Waals surface area contributed by atoms with E-state index in [4.69, 9.17) is 4.74 Å². The molecule has 0 bridgehead atoms. The molecular weight excluding hydrogens is 268 g/mol. The smallest absolute Gasteiger partial charge is 0.231 e. The van der Waals surface area contributed by atoms with Gasteiger partial charge in [-0.3, -0.25) is 0 Å². The molecule has 21 heavy (non-hydrogen) atoms. The highest BCUT2D eigenvalue weighted by Crippen LogP contribution is 2.12. The average molecular weight is 296 g/mol. The number of ether oxygens (including phenoxy) is 1. The summed E-state index contributed by atoms with van der Waals surface area (Å²) in [7, 11) is 1.80. The Hall–Kier alpha value is -1.63. The zero-order chi connectivity index (χ0) is 15.5. The molecule has 0 amide bonds. The number of rotatable bonds is 11. The van der Waals surface area contributed by atoms with Gasteiger partial charge in [-0.05, 0) is 20.3 Å². The van der Waals surface area contributed by atoms with E-state index in [1.165, 1.54) is 0 Å². The molecule has 1 aromatic rings. The Morgan fingerprint density at radius 2 is 1.71 bits per heavy atom. The van der Waals surface area contributed by atoms with E-state index in [9.17, 15) is 0 Å². The first-order valence-corrected chi connectivity index (χ1v) is 7.75. The zero-order valence-corrected chi connectivity index (χ0v) is 13.6. The Balaban J connectivity index is 2.58. The van der Waals surface area contributed by atoms with Crippen molar-refractivity contribution in [3.8, 4) is 0 Å². The Morgan fingerprint density at radius 3 is 2.33 bits per heavy atom. The van der Waals surface area contributed by atoms with E-state index in [2.05, 4.69) is 51.3 Å². The standard InChI is InChI=1S/C14H28N6O/c1-5-8-10-21-11-9-16-13-17-12(15-4)18-14(19-13)20(6-2)7-3/h5-11H2,1-4H3,(H2,15,16,17,18,19). The second-order valence-corrected chi connectivity index (χ2v) is 4.60. The third kappa shape index (κ3) is 6.12. The van der Waals surface area contributed by atoms with Crippen LogP contribution in [0.15, 0.2) is 0 Å². The summed E-state index contributed by atoms with van der Waals surface area (Å²) < 4.78 is 5.51. The molecule has 0 saturated heterocycles. The van der Waals surface area contributed by atoms with Crippen molar-refractivity contribution in [1.82, 2.24) is 15.0 Å². The molecule has 0 saturated carbocycles. The highest BCUT2D eigenvalue weighted by atomic mass is 16.5. The molecule has 7 heteroatoms. The fourth-order valence-electron chi connectivity index (χ4n) is 1.79. The van der Waals surface area contributed by atoms with Gasteiger partial charge in [-0.1, -0.05) is 13.3 Å². The van der Waals surface area contributed by atoms with Crippen molar-refractivity contribution in [2.45, 2.75) is 33.6 Å². The van der Waals surface area contributed by atoms with Crippen molar-refractivity contribution >= 4 is 17.8 Å². The number of hydrogen-bond donors (Lipinski definition) is 2. The van der Waals surface area contributed by atoms with E-state index >= 15 is 0 Å². The number of nitrogens with zero attached hydrogens (tertiary/aromatic N) is 4. The van der Waals surface area contributed by atoms with Gasteiger partial charge in [0.1, 0.15) is 0 Å². The predicted molar refractivity (Wildman–Crippen MR) is 87.2 cm³/mol. The third-order valence-corrected chi connectivity index (χ3v) is 3.07. The van der Waals surface area contributed by atoms with Crippen molar-refractivity contribution in [3.63, 3.8) is 0 Å². The lowest BCUT2D eigenvalue weighted by molar-refractivity contribution is 0.141. The van der Waals surface area contributed by atoms with Crippen LogP contribution in [-0.4, -0.2) is 54.8 Å². The number of unbranched alkanes of at least 4 members (excludes halogenated alkanes) is 1. The van der Waals surface area contributed by atoms with Gasteiger partial charge in [-0.2, -0.15) is 15.0 Å². The summed E-state index contributed by atoms with van der Waals surface area (Å²) in [4.78, 5) is 15.2. The number of anilines is 3. The van der Waals surface area contributed by atoms with Crippen LogP contribution in [0.5, 0.6) is 0 Å². The van der Waals surface area contributed by atoms with E-state index in [1.54, 1.807) is 7.05 Å². The van der Waals surface area contributed by atoms with Gasteiger partial charge in [0.05, 0.1) is 6.61 Å². The fourth-order valence-corrected chi connectivity index (χ4v) is 1.79. The molecule has 1 aromatic heterocycles. The van der Waals surface area contributed by atoms with E-state index < -0.39 is 0 Å². The molecule has 0 spiro atoms. The highest BCUT2D eigenvalue weighted by Gasteiger charge is 2.10. The first-order chi connectivity index (χ1) is 10.2. The van der Waals surface area contributed by atoms with Crippen molar-refractivity contribution in [2.75, 3.05) is 55.4 Å². The zero-order valence-electron chi connectivity index (χ0n) is 13.6. The summed E-state index contributed by atoms with van der Waals surface area (Å²) in [6, 6.07) is 0. The van der Waals surface area contributed by atoms with Gasteiger partial charge in [0.15, 0.2) is 0 Å². The maximum absolute atomic E-state index is 5.51. The van der Waals surface area contributed by atoms with Crippen molar-refractivity contribution in [3.05, 3.63) is 0 Å². The largest absolute Gasteiger partial charge is 0.380 e. The van der Waals surface area contributed by atoms with Crippen LogP contribution in [0.1, 0.15) is 33.6 Å². The van der Waals surface area contributed by atoms with E-state index in [0.717, 1.165) is 32.5 Å². The topological polar surface area (TPSA) is 75.2 Å². The van der Waals surface area contributed by atoms with Crippen LogP contribution in [-0.2, 0) is 4.74 Å². The Kier molecular flexibility index (Phi) is 8.42. The minimum Gasteiger partial charge on any atom is -0.380 e. The van der Waals surface area contributed by atoms with E-state index in [-0.39, 0.29) is 0 Å². The highest BCUT2D eigenvalue weighted by molar-refractivity contribution is 5.43. The summed E-state index contributed by atoms with van der Waals surface area (Å²) in [5.74, 6) is 1.84. The van der Waals surface area contributed by atoms with Crippen LogP contribution < -0.4 is 15.5 Å². The SMILES string of the molecule is CCCCOCCNc1nc(NC)nc(N(CC)CC)n1. The monoisotopic (exact) mass is 296 g/mol. The maximum Gasteiger partial charge on any atom is 0.231 e. The molecule has 1 rings (SSSR count). The number of nitrogens with one attached hydrogen (secondary N) is 2. The first kappa shape index (κ1) is 17.4. The molecule has 0 aliphatic rings. The van der Waals surface area contributed by atoms with Crippen LogP contribution in [0.4, 0.5) is 17.8 Å². The van der Waals surface area contributed by atoms with Crippen molar-refractivity contribution < 1.29 is 4.74 Å². The molecule has 1 heterocycles. The Morgan fingerprint density at radius 1 is 1.00 bits per heavy atom. The summed E-state index contributed by atoms with van der Waals surface area (Å²) >= 11 is 0. The quantitative estimate of drug-likeness (QED) is 0.605. The molecule has 0 atom stereocenters. The van der Waals surface area contributed by atoms with Gasteiger partial charge in [-0.25, -0.2) is 0 Å². The molecule has 2 N–H and O–H groups in total.